The number of carbonyl (C=O) groups is 1. The number of carbonyl (C=O) groups excluding carboxylic acids is 1. The van der Waals surface area contributed by atoms with Crippen molar-refractivity contribution < 1.29 is 4.79 Å². The van der Waals surface area contributed by atoms with Gasteiger partial charge in [0.25, 0.3) is 0 Å². The summed E-state index contributed by atoms with van der Waals surface area (Å²) in [5.41, 5.74) is 2.00. The van der Waals surface area contributed by atoms with E-state index in [1.165, 1.54) is 0 Å². The Bertz CT molecular complexity index is 713. The summed E-state index contributed by atoms with van der Waals surface area (Å²) < 4.78 is 0. The molecule has 23 heavy (non-hydrogen) atoms. The van der Waals surface area contributed by atoms with Crippen LogP contribution in [0.2, 0.25) is 0 Å². The molecule has 122 valence electrons. The van der Waals surface area contributed by atoms with Crippen LogP contribution in [0.25, 0.3) is 11.0 Å². The van der Waals surface area contributed by atoms with Crippen LogP contribution >= 0.6 is 0 Å². The van der Waals surface area contributed by atoms with E-state index in [9.17, 15) is 4.79 Å². The lowest BCUT2D eigenvalue weighted by atomic mass is 10.0. The van der Waals surface area contributed by atoms with Crippen molar-refractivity contribution in [2.75, 3.05) is 30.4 Å². The molecule has 2 fully saturated rings. The Hall–Kier alpha value is -2.08. The fourth-order valence-electron chi connectivity index (χ4n) is 3.33. The molecular formula is C17H23N5O. The first kappa shape index (κ1) is 14.5. The van der Waals surface area contributed by atoms with E-state index in [-0.39, 0.29) is 11.8 Å². The molecule has 1 saturated heterocycles. The summed E-state index contributed by atoms with van der Waals surface area (Å²) >= 11 is 0. The van der Waals surface area contributed by atoms with Gasteiger partial charge in [0.1, 0.15) is 11.5 Å². The normalized spacial score (nSPS) is 19.3. The van der Waals surface area contributed by atoms with Crippen LogP contribution in [0.5, 0.6) is 0 Å². The predicted molar refractivity (Wildman–Crippen MR) is 91.7 cm³/mol. The van der Waals surface area contributed by atoms with Crippen LogP contribution < -0.4 is 15.5 Å². The molecule has 0 bridgehead atoms. The highest BCUT2D eigenvalue weighted by atomic mass is 16.2. The second kappa shape index (κ2) is 5.85. The van der Waals surface area contributed by atoms with E-state index < -0.39 is 0 Å². The highest BCUT2D eigenvalue weighted by Crippen LogP contribution is 2.33. The molecule has 4 rings (SSSR count). The largest absolute Gasteiger partial charge is 0.371 e. The number of hydrogen-bond acceptors (Lipinski definition) is 4. The van der Waals surface area contributed by atoms with Gasteiger partial charge in [0.15, 0.2) is 0 Å². The Kier molecular flexibility index (Phi) is 3.69. The van der Waals surface area contributed by atoms with Crippen molar-refractivity contribution >= 4 is 28.4 Å². The number of anilines is 2. The fraction of sp³-hybridized carbons (Fsp3) is 0.529. The molecule has 0 spiro atoms. The van der Waals surface area contributed by atoms with Crippen molar-refractivity contribution in [1.29, 1.82) is 0 Å². The van der Waals surface area contributed by atoms with Gasteiger partial charge in [0.2, 0.25) is 5.91 Å². The summed E-state index contributed by atoms with van der Waals surface area (Å²) in [7, 11) is 2.03. The topological polar surface area (TPSA) is 73.0 Å². The Labute approximate surface area is 135 Å². The molecule has 1 aliphatic carbocycles. The zero-order valence-electron chi connectivity index (χ0n) is 13.4. The third-order valence-electron chi connectivity index (χ3n) is 4.95. The highest BCUT2D eigenvalue weighted by Gasteiger charge is 2.30. The summed E-state index contributed by atoms with van der Waals surface area (Å²) in [6, 6.07) is 4.69. The SMILES string of the molecule is CNC1CCN(c2cc(NC(=O)C3CC3)nc3[nH]ccc23)CC1. The number of aromatic nitrogens is 2. The third-order valence-corrected chi connectivity index (χ3v) is 4.95. The van der Waals surface area contributed by atoms with Crippen molar-refractivity contribution in [3.8, 4) is 0 Å². The number of hydrogen-bond donors (Lipinski definition) is 3. The maximum Gasteiger partial charge on any atom is 0.228 e. The van der Waals surface area contributed by atoms with Gasteiger partial charge < -0.3 is 20.5 Å². The lowest BCUT2D eigenvalue weighted by molar-refractivity contribution is -0.117. The first-order valence-corrected chi connectivity index (χ1v) is 8.46. The van der Waals surface area contributed by atoms with Gasteiger partial charge in [-0.1, -0.05) is 0 Å². The minimum absolute atomic E-state index is 0.100. The standard InChI is InChI=1S/C17H23N5O/c1-18-12-5-8-22(9-6-12)14-10-15(21-17(23)11-2-3-11)20-16-13(14)4-7-19-16/h4,7,10-12,18H,2-3,5-6,8-9H2,1H3,(H2,19,20,21,23). The first-order chi connectivity index (χ1) is 11.2. The molecule has 3 N–H and O–H groups in total. The maximum absolute atomic E-state index is 12.0. The van der Waals surface area contributed by atoms with Gasteiger partial charge in [0.05, 0.1) is 5.69 Å². The Balaban J connectivity index is 1.61. The van der Waals surface area contributed by atoms with Gasteiger partial charge in [0, 0.05) is 42.7 Å². The zero-order chi connectivity index (χ0) is 15.8. The van der Waals surface area contributed by atoms with E-state index in [0.29, 0.717) is 11.9 Å². The number of nitrogens with zero attached hydrogens (tertiary/aromatic N) is 2. The summed E-state index contributed by atoms with van der Waals surface area (Å²) in [6.07, 6.45) is 6.18. The van der Waals surface area contributed by atoms with Gasteiger partial charge in [-0.2, -0.15) is 0 Å². The number of piperidine rings is 1. The number of pyridine rings is 1. The maximum atomic E-state index is 12.0. The third kappa shape index (κ3) is 2.91. The van der Waals surface area contributed by atoms with Crippen LogP contribution in [-0.4, -0.2) is 42.1 Å². The lowest BCUT2D eigenvalue weighted by Gasteiger charge is -2.34. The molecule has 6 heteroatoms. The molecule has 6 nitrogen and oxygen atoms in total. The molecule has 2 aromatic heterocycles. The van der Waals surface area contributed by atoms with Crippen molar-refractivity contribution in [2.24, 2.45) is 5.92 Å². The van der Waals surface area contributed by atoms with Gasteiger partial charge in [-0.3, -0.25) is 4.79 Å². The van der Waals surface area contributed by atoms with E-state index >= 15 is 0 Å². The molecule has 0 radical (unpaired) electrons. The lowest BCUT2D eigenvalue weighted by Crippen LogP contribution is -2.41. The van der Waals surface area contributed by atoms with E-state index in [1.807, 2.05) is 19.3 Å². The summed E-state index contributed by atoms with van der Waals surface area (Å²) in [6.45, 7) is 2.04. The molecule has 0 unspecified atom stereocenters. The Morgan fingerprint density at radius 1 is 1.30 bits per heavy atom. The number of fused-ring (bicyclic) bond motifs is 1. The van der Waals surface area contributed by atoms with Gasteiger partial charge in [-0.25, -0.2) is 4.98 Å². The smallest absolute Gasteiger partial charge is 0.228 e. The number of H-pyrrole nitrogens is 1. The summed E-state index contributed by atoms with van der Waals surface area (Å²) in [5.74, 6) is 0.941. The molecule has 1 amide bonds. The van der Waals surface area contributed by atoms with Crippen molar-refractivity contribution in [3.63, 3.8) is 0 Å². The van der Waals surface area contributed by atoms with Crippen LogP contribution in [0, 0.1) is 5.92 Å². The van der Waals surface area contributed by atoms with E-state index in [0.717, 1.165) is 55.5 Å². The van der Waals surface area contributed by atoms with Crippen molar-refractivity contribution in [1.82, 2.24) is 15.3 Å². The number of aromatic amines is 1. The number of amides is 1. The molecule has 2 aliphatic rings. The molecule has 1 aliphatic heterocycles. The average Bonchev–Trinajstić information content (AvgIpc) is 3.33. The fourth-order valence-corrected chi connectivity index (χ4v) is 3.33. The van der Waals surface area contributed by atoms with Crippen LogP contribution in [0.3, 0.4) is 0 Å². The zero-order valence-corrected chi connectivity index (χ0v) is 13.4. The molecule has 0 atom stereocenters. The van der Waals surface area contributed by atoms with E-state index in [1.54, 1.807) is 0 Å². The summed E-state index contributed by atoms with van der Waals surface area (Å²) in [4.78, 5) is 22.2. The second-order valence-corrected chi connectivity index (χ2v) is 6.58. The van der Waals surface area contributed by atoms with Crippen LogP contribution in [0.1, 0.15) is 25.7 Å². The Morgan fingerprint density at radius 2 is 2.09 bits per heavy atom. The molecule has 2 aromatic rings. The van der Waals surface area contributed by atoms with Gasteiger partial charge >= 0.3 is 0 Å². The highest BCUT2D eigenvalue weighted by molar-refractivity contribution is 5.97. The summed E-state index contributed by atoms with van der Waals surface area (Å²) in [5, 5.41) is 7.46. The Morgan fingerprint density at radius 3 is 2.78 bits per heavy atom. The van der Waals surface area contributed by atoms with Gasteiger partial charge in [-0.05, 0) is 38.8 Å². The quantitative estimate of drug-likeness (QED) is 0.808. The van der Waals surface area contributed by atoms with Gasteiger partial charge in [-0.15, -0.1) is 0 Å². The van der Waals surface area contributed by atoms with E-state index in [2.05, 4.69) is 31.6 Å². The van der Waals surface area contributed by atoms with E-state index in [4.69, 9.17) is 0 Å². The predicted octanol–water partition coefficient (Wildman–Crippen LogP) is 2.10. The molecule has 1 saturated carbocycles. The minimum Gasteiger partial charge on any atom is -0.371 e. The number of rotatable bonds is 4. The van der Waals surface area contributed by atoms with Crippen LogP contribution in [-0.2, 0) is 4.79 Å². The average molecular weight is 313 g/mol. The van der Waals surface area contributed by atoms with Crippen LogP contribution in [0.15, 0.2) is 18.3 Å². The molecular weight excluding hydrogens is 290 g/mol. The molecule has 0 aromatic carbocycles. The second-order valence-electron chi connectivity index (χ2n) is 6.58. The van der Waals surface area contributed by atoms with Crippen molar-refractivity contribution in [3.05, 3.63) is 18.3 Å². The first-order valence-electron chi connectivity index (χ1n) is 8.46. The minimum atomic E-state index is 0.100. The van der Waals surface area contributed by atoms with Crippen LogP contribution in [0.4, 0.5) is 11.5 Å². The molecule has 3 heterocycles. The number of nitrogens with one attached hydrogen (secondary N) is 3. The van der Waals surface area contributed by atoms with Crippen molar-refractivity contribution in [2.45, 2.75) is 31.7 Å². The monoisotopic (exact) mass is 313 g/mol.